The number of benzene rings is 3. The molecule has 27 heavy (non-hydrogen) atoms. The van der Waals surface area contributed by atoms with Gasteiger partial charge in [-0.25, -0.2) is 0 Å². The van der Waals surface area contributed by atoms with Crippen LogP contribution in [0.2, 0.25) is 0 Å². The normalized spacial score (nSPS) is 10.4. The molecule has 0 heterocycles. The summed E-state index contributed by atoms with van der Waals surface area (Å²) in [7, 11) is 6.37. The molecule has 0 unspecified atom stereocenters. The standard InChI is InChI=1S/C22H22O5/c1-24-15-11-9-14(10-12-15)17-13-19(25-2)20(22(27-4)21(17)26-3)16-7-5-6-8-18(16)23/h5-13,23H,1-4H3. The van der Waals surface area contributed by atoms with Gasteiger partial charge in [0.25, 0.3) is 0 Å². The van der Waals surface area contributed by atoms with Crippen molar-refractivity contribution in [1.29, 1.82) is 0 Å². The third-order valence-electron chi connectivity index (χ3n) is 4.40. The second-order valence-corrected chi connectivity index (χ2v) is 5.81. The average molecular weight is 366 g/mol. The Bertz CT molecular complexity index is 932. The first kappa shape index (κ1) is 18.5. The molecule has 0 amide bonds. The van der Waals surface area contributed by atoms with Crippen LogP contribution in [-0.4, -0.2) is 33.5 Å². The number of hydrogen-bond acceptors (Lipinski definition) is 5. The van der Waals surface area contributed by atoms with E-state index >= 15 is 0 Å². The molecule has 0 saturated heterocycles. The molecule has 140 valence electrons. The minimum Gasteiger partial charge on any atom is -0.507 e. The van der Waals surface area contributed by atoms with Crippen LogP contribution in [0.1, 0.15) is 0 Å². The summed E-state index contributed by atoms with van der Waals surface area (Å²) in [4.78, 5) is 0. The molecule has 0 fully saturated rings. The number of ether oxygens (including phenoxy) is 4. The summed E-state index contributed by atoms with van der Waals surface area (Å²) in [5.41, 5.74) is 2.97. The van der Waals surface area contributed by atoms with Gasteiger partial charge < -0.3 is 24.1 Å². The highest BCUT2D eigenvalue weighted by molar-refractivity contribution is 5.89. The van der Waals surface area contributed by atoms with Crippen LogP contribution >= 0.6 is 0 Å². The number of rotatable bonds is 6. The van der Waals surface area contributed by atoms with Crippen molar-refractivity contribution in [1.82, 2.24) is 0 Å². The van der Waals surface area contributed by atoms with E-state index in [9.17, 15) is 5.11 Å². The van der Waals surface area contributed by atoms with Gasteiger partial charge in [-0.3, -0.25) is 0 Å². The van der Waals surface area contributed by atoms with Gasteiger partial charge >= 0.3 is 0 Å². The topological polar surface area (TPSA) is 57.2 Å². The number of hydrogen-bond donors (Lipinski definition) is 1. The Morgan fingerprint density at radius 1 is 0.667 bits per heavy atom. The lowest BCUT2D eigenvalue weighted by molar-refractivity contribution is 0.352. The van der Waals surface area contributed by atoms with Crippen LogP contribution in [-0.2, 0) is 0 Å². The molecule has 0 aliphatic carbocycles. The van der Waals surface area contributed by atoms with Gasteiger partial charge in [-0.05, 0) is 29.8 Å². The summed E-state index contributed by atoms with van der Waals surface area (Å²) in [5, 5.41) is 10.3. The summed E-state index contributed by atoms with van der Waals surface area (Å²) in [6, 6.07) is 16.6. The van der Waals surface area contributed by atoms with Crippen LogP contribution in [0.5, 0.6) is 28.7 Å². The fourth-order valence-corrected chi connectivity index (χ4v) is 3.10. The van der Waals surface area contributed by atoms with Gasteiger partial charge in [-0.1, -0.05) is 30.3 Å². The van der Waals surface area contributed by atoms with Crippen LogP contribution < -0.4 is 18.9 Å². The van der Waals surface area contributed by atoms with Gasteiger partial charge in [0.2, 0.25) is 0 Å². The largest absolute Gasteiger partial charge is 0.507 e. The van der Waals surface area contributed by atoms with Gasteiger partial charge in [0.05, 0.1) is 34.0 Å². The van der Waals surface area contributed by atoms with Crippen LogP contribution in [0.3, 0.4) is 0 Å². The molecule has 0 atom stereocenters. The first-order chi connectivity index (χ1) is 13.1. The Labute approximate surface area is 158 Å². The molecule has 0 aliphatic heterocycles. The van der Waals surface area contributed by atoms with E-state index in [1.807, 2.05) is 42.5 Å². The van der Waals surface area contributed by atoms with E-state index in [2.05, 4.69) is 0 Å². The zero-order valence-electron chi connectivity index (χ0n) is 15.8. The fourth-order valence-electron chi connectivity index (χ4n) is 3.10. The minimum absolute atomic E-state index is 0.133. The summed E-state index contributed by atoms with van der Waals surface area (Å²) in [6.07, 6.45) is 0. The van der Waals surface area contributed by atoms with Crippen LogP contribution in [0.15, 0.2) is 54.6 Å². The lowest BCUT2D eigenvalue weighted by Crippen LogP contribution is -1.99. The van der Waals surface area contributed by atoms with E-state index in [-0.39, 0.29) is 5.75 Å². The number of phenolic OH excluding ortho intramolecular Hbond substituents is 1. The Morgan fingerprint density at radius 2 is 1.33 bits per heavy atom. The molecule has 0 aromatic heterocycles. The lowest BCUT2D eigenvalue weighted by Gasteiger charge is -2.20. The van der Waals surface area contributed by atoms with Crippen molar-refractivity contribution in [2.75, 3.05) is 28.4 Å². The first-order valence-electron chi connectivity index (χ1n) is 8.40. The minimum atomic E-state index is 0.133. The van der Waals surface area contributed by atoms with Gasteiger partial charge in [0, 0.05) is 11.1 Å². The summed E-state index contributed by atoms with van der Waals surface area (Å²) in [5.74, 6) is 2.52. The van der Waals surface area contributed by atoms with Crippen molar-refractivity contribution in [2.45, 2.75) is 0 Å². The molecule has 0 spiro atoms. The Kier molecular flexibility index (Phi) is 5.41. The smallest absolute Gasteiger partial charge is 0.173 e. The van der Waals surface area contributed by atoms with Gasteiger partial charge in [0.15, 0.2) is 11.5 Å². The van der Waals surface area contributed by atoms with E-state index < -0.39 is 0 Å². The van der Waals surface area contributed by atoms with Crippen LogP contribution in [0, 0.1) is 0 Å². The average Bonchev–Trinajstić information content (AvgIpc) is 2.72. The van der Waals surface area contributed by atoms with E-state index in [1.54, 1.807) is 40.6 Å². The molecule has 5 heteroatoms. The van der Waals surface area contributed by atoms with Crippen molar-refractivity contribution >= 4 is 0 Å². The second kappa shape index (κ2) is 7.91. The van der Waals surface area contributed by atoms with Crippen molar-refractivity contribution in [3.05, 3.63) is 54.6 Å². The molecular weight excluding hydrogens is 344 g/mol. The number of para-hydroxylation sites is 1. The number of methoxy groups -OCH3 is 4. The zero-order valence-corrected chi connectivity index (χ0v) is 15.8. The molecule has 0 bridgehead atoms. The molecule has 0 saturated carbocycles. The third-order valence-corrected chi connectivity index (χ3v) is 4.40. The summed E-state index contributed by atoms with van der Waals surface area (Å²) < 4.78 is 22.2. The Balaban J connectivity index is 2.30. The van der Waals surface area contributed by atoms with Crippen LogP contribution in [0.4, 0.5) is 0 Å². The Morgan fingerprint density at radius 3 is 1.89 bits per heavy atom. The van der Waals surface area contributed by atoms with Crippen molar-refractivity contribution in [3.63, 3.8) is 0 Å². The fraction of sp³-hybridized carbons (Fsp3) is 0.182. The predicted octanol–water partition coefficient (Wildman–Crippen LogP) is 4.76. The van der Waals surface area contributed by atoms with E-state index in [0.29, 0.717) is 28.4 Å². The van der Waals surface area contributed by atoms with Crippen molar-refractivity contribution in [2.24, 2.45) is 0 Å². The maximum absolute atomic E-state index is 10.3. The quantitative estimate of drug-likeness (QED) is 0.682. The highest BCUT2D eigenvalue weighted by Gasteiger charge is 2.24. The summed E-state index contributed by atoms with van der Waals surface area (Å²) in [6.45, 7) is 0. The predicted molar refractivity (Wildman–Crippen MR) is 105 cm³/mol. The maximum atomic E-state index is 10.3. The monoisotopic (exact) mass is 366 g/mol. The SMILES string of the molecule is COc1ccc(-c2cc(OC)c(-c3ccccc3O)c(OC)c2OC)cc1. The van der Waals surface area contributed by atoms with Gasteiger partial charge in [-0.2, -0.15) is 0 Å². The number of aromatic hydroxyl groups is 1. The van der Waals surface area contributed by atoms with Crippen LogP contribution in [0.25, 0.3) is 22.3 Å². The molecule has 0 radical (unpaired) electrons. The molecule has 0 aliphatic rings. The molecular formula is C22H22O5. The second-order valence-electron chi connectivity index (χ2n) is 5.81. The van der Waals surface area contributed by atoms with Crippen molar-refractivity contribution < 1.29 is 24.1 Å². The highest BCUT2D eigenvalue weighted by atomic mass is 16.5. The summed E-state index contributed by atoms with van der Waals surface area (Å²) >= 11 is 0. The molecule has 5 nitrogen and oxygen atoms in total. The molecule has 3 aromatic rings. The third kappa shape index (κ3) is 3.36. The maximum Gasteiger partial charge on any atom is 0.173 e. The van der Waals surface area contributed by atoms with E-state index in [4.69, 9.17) is 18.9 Å². The number of phenols is 1. The van der Waals surface area contributed by atoms with E-state index in [0.717, 1.165) is 16.9 Å². The van der Waals surface area contributed by atoms with E-state index in [1.165, 1.54) is 0 Å². The Hall–Kier alpha value is -3.34. The zero-order chi connectivity index (χ0) is 19.4. The van der Waals surface area contributed by atoms with Gasteiger partial charge in [0.1, 0.15) is 17.2 Å². The molecule has 3 rings (SSSR count). The molecule has 1 N–H and O–H groups in total. The lowest BCUT2D eigenvalue weighted by atomic mass is 9.96. The first-order valence-corrected chi connectivity index (χ1v) is 8.40. The van der Waals surface area contributed by atoms with Crippen molar-refractivity contribution in [3.8, 4) is 51.0 Å². The van der Waals surface area contributed by atoms with Gasteiger partial charge in [-0.15, -0.1) is 0 Å². The highest BCUT2D eigenvalue weighted by Crippen LogP contribution is 2.51. The molecule has 3 aromatic carbocycles.